The highest BCUT2D eigenvalue weighted by Crippen LogP contribution is 2.31. The zero-order valence-electron chi connectivity index (χ0n) is 11.1. The molecule has 0 radical (unpaired) electrons. The van der Waals surface area contributed by atoms with Gasteiger partial charge in [0.15, 0.2) is 0 Å². The van der Waals surface area contributed by atoms with Crippen LogP contribution in [0.4, 0.5) is 11.4 Å². The molecule has 0 atom stereocenters. The minimum atomic E-state index is 0.731. The van der Waals surface area contributed by atoms with Gasteiger partial charge in [-0.2, -0.15) is 0 Å². The summed E-state index contributed by atoms with van der Waals surface area (Å²) in [6.45, 7) is 9.98. The van der Waals surface area contributed by atoms with E-state index in [1.54, 1.807) is 6.20 Å². The molecule has 0 saturated carbocycles. The van der Waals surface area contributed by atoms with Gasteiger partial charge in [0.05, 0.1) is 22.0 Å². The average Bonchev–Trinajstić information content (AvgIpc) is 2.30. The number of halogens is 1. The molecular formula is C13H21BrN4. The lowest BCUT2D eigenvalue weighted by Gasteiger charge is -2.37. The number of nitrogen functional groups attached to an aromatic ring is 1. The highest BCUT2D eigenvalue weighted by atomic mass is 79.9. The van der Waals surface area contributed by atoms with Crippen LogP contribution in [0.5, 0.6) is 0 Å². The molecular weight excluding hydrogens is 292 g/mol. The van der Waals surface area contributed by atoms with Gasteiger partial charge in [-0.25, -0.2) is 0 Å². The predicted molar refractivity (Wildman–Crippen MR) is 79.8 cm³/mol. The Morgan fingerprint density at radius 3 is 2.50 bits per heavy atom. The topological polar surface area (TPSA) is 45.4 Å². The molecule has 0 spiro atoms. The first-order valence-corrected chi connectivity index (χ1v) is 7.23. The van der Waals surface area contributed by atoms with Crippen molar-refractivity contribution in [2.24, 2.45) is 5.92 Å². The fraction of sp³-hybridized carbons (Fsp3) is 0.615. The number of hydrogen-bond donors (Lipinski definition) is 1. The van der Waals surface area contributed by atoms with Crippen molar-refractivity contribution in [3.63, 3.8) is 0 Å². The standard InChI is InChI=1S/C13H21BrN4/c1-10(2)9-17-3-5-18(6-4-17)13-11(14)7-16-8-12(13)15/h7-8,10H,3-6,9,15H2,1-2H3. The van der Waals surface area contributed by atoms with E-state index < -0.39 is 0 Å². The van der Waals surface area contributed by atoms with Crippen LogP contribution < -0.4 is 10.6 Å². The SMILES string of the molecule is CC(C)CN1CCN(c2c(N)cncc2Br)CC1. The summed E-state index contributed by atoms with van der Waals surface area (Å²) >= 11 is 3.54. The van der Waals surface area contributed by atoms with Gasteiger partial charge in [-0.05, 0) is 21.8 Å². The Morgan fingerprint density at radius 2 is 1.94 bits per heavy atom. The third-order valence-corrected chi connectivity index (χ3v) is 3.79. The van der Waals surface area contributed by atoms with Crippen LogP contribution in [0.1, 0.15) is 13.8 Å². The molecule has 0 amide bonds. The van der Waals surface area contributed by atoms with Gasteiger partial charge in [0.25, 0.3) is 0 Å². The molecule has 1 aliphatic heterocycles. The lowest BCUT2D eigenvalue weighted by atomic mass is 10.2. The van der Waals surface area contributed by atoms with Crippen LogP contribution in [-0.4, -0.2) is 42.6 Å². The largest absolute Gasteiger partial charge is 0.396 e. The molecule has 0 bridgehead atoms. The Labute approximate surface area is 117 Å². The van der Waals surface area contributed by atoms with Crippen molar-refractivity contribution >= 4 is 27.3 Å². The van der Waals surface area contributed by atoms with E-state index in [0.717, 1.165) is 47.9 Å². The van der Waals surface area contributed by atoms with Crippen molar-refractivity contribution in [2.75, 3.05) is 43.4 Å². The number of pyridine rings is 1. The second-order valence-corrected chi connectivity index (χ2v) is 6.09. The summed E-state index contributed by atoms with van der Waals surface area (Å²) in [4.78, 5) is 8.95. The number of nitrogens with two attached hydrogens (primary N) is 1. The zero-order chi connectivity index (χ0) is 13.1. The van der Waals surface area contributed by atoms with E-state index in [-0.39, 0.29) is 0 Å². The van der Waals surface area contributed by atoms with Gasteiger partial charge in [0.1, 0.15) is 0 Å². The maximum absolute atomic E-state index is 6.02. The zero-order valence-corrected chi connectivity index (χ0v) is 12.7. The van der Waals surface area contributed by atoms with E-state index in [9.17, 15) is 0 Å². The predicted octanol–water partition coefficient (Wildman–Crippen LogP) is 2.20. The van der Waals surface area contributed by atoms with Crippen LogP contribution in [0, 0.1) is 5.92 Å². The second kappa shape index (κ2) is 5.89. The number of nitrogens with zero attached hydrogens (tertiary/aromatic N) is 3. The molecule has 5 heteroatoms. The summed E-state index contributed by atoms with van der Waals surface area (Å²) in [7, 11) is 0. The van der Waals surface area contributed by atoms with Gasteiger partial charge in [0.2, 0.25) is 0 Å². The second-order valence-electron chi connectivity index (χ2n) is 5.24. The summed E-state index contributed by atoms with van der Waals surface area (Å²) < 4.78 is 0.986. The monoisotopic (exact) mass is 312 g/mol. The van der Waals surface area contributed by atoms with Crippen molar-refractivity contribution in [1.82, 2.24) is 9.88 Å². The molecule has 2 N–H and O–H groups in total. The molecule has 100 valence electrons. The Hall–Kier alpha value is -0.810. The Balaban J connectivity index is 2.01. The lowest BCUT2D eigenvalue weighted by molar-refractivity contribution is 0.231. The van der Waals surface area contributed by atoms with Crippen LogP contribution in [0.2, 0.25) is 0 Å². The first kappa shape index (κ1) is 13.6. The van der Waals surface area contributed by atoms with Crippen LogP contribution in [0.25, 0.3) is 0 Å². The Kier molecular flexibility index (Phi) is 4.45. The van der Waals surface area contributed by atoms with E-state index in [1.807, 2.05) is 6.20 Å². The summed E-state index contributed by atoms with van der Waals surface area (Å²) in [5, 5.41) is 0. The van der Waals surface area contributed by atoms with Gasteiger partial charge in [-0.3, -0.25) is 9.88 Å². The first-order valence-electron chi connectivity index (χ1n) is 6.44. The number of aromatic nitrogens is 1. The number of anilines is 2. The summed E-state index contributed by atoms with van der Waals surface area (Å²) in [5.74, 6) is 0.731. The van der Waals surface area contributed by atoms with Gasteiger partial charge >= 0.3 is 0 Å². The molecule has 18 heavy (non-hydrogen) atoms. The minimum Gasteiger partial charge on any atom is -0.396 e. The maximum Gasteiger partial charge on any atom is 0.0776 e. The van der Waals surface area contributed by atoms with Crippen molar-refractivity contribution in [1.29, 1.82) is 0 Å². The third kappa shape index (κ3) is 3.14. The highest BCUT2D eigenvalue weighted by molar-refractivity contribution is 9.10. The van der Waals surface area contributed by atoms with Crippen LogP contribution in [-0.2, 0) is 0 Å². The van der Waals surface area contributed by atoms with Crippen molar-refractivity contribution < 1.29 is 0 Å². The molecule has 0 aliphatic carbocycles. The molecule has 1 saturated heterocycles. The molecule has 1 aromatic heterocycles. The molecule has 4 nitrogen and oxygen atoms in total. The normalized spacial score (nSPS) is 17.4. The lowest BCUT2D eigenvalue weighted by Crippen LogP contribution is -2.47. The number of rotatable bonds is 3. The Bertz CT molecular complexity index is 380. The van der Waals surface area contributed by atoms with E-state index in [4.69, 9.17) is 5.73 Å². The van der Waals surface area contributed by atoms with E-state index >= 15 is 0 Å². The van der Waals surface area contributed by atoms with Crippen LogP contribution >= 0.6 is 15.9 Å². The van der Waals surface area contributed by atoms with Crippen LogP contribution in [0.15, 0.2) is 16.9 Å². The van der Waals surface area contributed by atoms with Gasteiger partial charge in [-0.15, -0.1) is 0 Å². The molecule has 1 fully saturated rings. The molecule has 1 aliphatic rings. The summed E-state index contributed by atoms with van der Waals surface area (Å²) in [6.07, 6.45) is 3.53. The van der Waals surface area contributed by atoms with Crippen molar-refractivity contribution in [3.05, 3.63) is 16.9 Å². The molecule has 2 heterocycles. The van der Waals surface area contributed by atoms with Gasteiger partial charge in [-0.1, -0.05) is 13.8 Å². The number of hydrogen-bond acceptors (Lipinski definition) is 4. The molecule has 2 rings (SSSR count). The highest BCUT2D eigenvalue weighted by Gasteiger charge is 2.20. The first-order chi connectivity index (χ1) is 8.58. The number of piperazine rings is 1. The van der Waals surface area contributed by atoms with Crippen molar-refractivity contribution in [2.45, 2.75) is 13.8 Å². The minimum absolute atomic E-state index is 0.731. The van der Waals surface area contributed by atoms with Gasteiger partial charge < -0.3 is 10.6 Å². The fourth-order valence-electron chi connectivity index (χ4n) is 2.45. The van der Waals surface area contributed by atoms with Crippen LogP contribution in [0.3, 0.4) is 0 Å². The fourth-order valence-corrected chi connectivity index (χ4v) is 3.05. The molecule has 0 unspecified atom stereocenters. The quantitative estimate of drug-likeness (QED) is 0.929. The maximum atomic E-state index is 6.02. The summed E-state index contributed by atoms with van der Waals surface area (Å²) in [5.41, 5.74) is 7.86. The third-order valence-electron chi connectivity index (χ3n) is 3.21. The molecule has 1 aromatic rings. The van der Waals surface area contributed by atoms with E-state index in [0.29, 0.717) is 0 Å². The van der Waals surface area contributed by atoms with E-state index in [2.05, 4.69) is 44.6 Å². The van der Waals surface area contributed by atoms with E-state index in [1.165, 1.54) is 6.54 Å². The van der Waals surface area contributed by atoms with Gasteiger partial charge in [0, 0.05) is 38.9 Å². The molecule has 0 aromatic carbocycles. The van der Waals surface area contributed by atoms with Crippen molar-refractivity contribution in [3.8, 4) is 0 Å². The summed E-state index contributed by atoms with van der Waals surface area (Å²) in [6, 6.07) is 0. The average molecular weight is 313 g/mol. The smallest absolute Gasteiger partial charge is 0.0776 e. The Morgan fingerprint density at radius 1 is 1.28 bits per heavy atom.